The average molecular weight is 287 g/mol. The highest BCUT2D eigenvalue weighted by Gasteiger charge is 2.23. The normalized spacial score (nSPS) is 12.5. The second kappa shape index (κ2) is 5.61. The second-order valence-electron chi connectivity index (χ2n) is 3.88. The molecule has 3 N–H and O–H groups in total. The molecular weight excluding hydrogens is 277 g/mol. The molecule has 0 fully saturated rings. The van der Waals surface area contributed by atoms with E-state index in [4.69, 9.17) is 17.4 Å². The van der Waals surface area contributed by atoms with Gasteiger partial charge in [-0.15, -0.1) is 0 Å². The summed E-state index contributed by atoms with van der Waals surface area (Å²) in [5.41, 5.74) is 2.11. The van der Waals surface area contributed by atoms with E-state index in [2.05, 4.69) is 5.43 Å². The number of halogens is 4. The molecule has 0 saturated carbocycles. The van der Waals surface area contributed by atoms with Crippen LogP contribution in [0.1, 0.15) is 17.2 Å². The number of hydrogen-bond acceptors (Lipinski definition) is 2. The van der Waals surface area contributed by atoms with Crippen LogP contribution in [0.25, 0.3) is 0 Å². The van der Waals surface area contributed by atoms with E-state index in [1.165, 1.54) is 30.3 Å². The lowest BCUT2D eigenvalue weighted by Crippen LogP contribution is -2.30. The summed E-state index contributed by atoms with van der Waals surface area (Å²) in [7, 11) is 0. The first-order valence-corrected chi connectivity index (χ1v) is 5.78. The van der Waals surface area contributed by atoms with Gasteiger partial charge in [0, 0.05) is 16.1 Å². The molecule has 2 aromatic rings. The van der Waals surface area contributed by atoms with Crippen molar-refractivity contribution in [1.29, 1.82) is 0 Å². The molecular formula is C13H10ClF3N2. The Kier molecular flexibility index (Phi) is 4.09. The highest BCUT2D eigenvalue weighted by Crippen LogP contribution is 2.31. The number of rotatable bonds is 3. The molecule has 0 saturated heterocycles. The van der Waals surface area contributed by atoms with Crippen molar-refractivity contribution in [2.45, 2.75) is 6.04 Å². The molecule has 0 bridgehead atoms. The van der Waals surface area contributed by atoms with Gasteiger partial charge >= 0.3 is 0 Å². The zero-order valence-corrected chi connectivity index (χ0v) is 10.4. The topological polar surface area (TPSA) is 38.0 Å². The highest BCUT2D eigenvalue weighted by molar-refractivity contribution is 6.31. The van der Waals surface area contributed by atoms with Gasteiger partial charge in [0.05, 0.1) is 6.04 Å². The number of nitrogens with one attached hydrogen (secondary N) is 1. The van der Waals surface area contributed by atoms with Crippen LogP contribution in [0, 0.1) is 17.5 Å². The maximum Gasteiger partial charge on any atom is 0.163 e. The summed E-state index contributed by atoms with van der Waals surface area (Å²) in [6.45, 7) is 0. The lowest BCUT2D eigenvalue weighted by molar-refractivity contribution is 0.477. The van der Waals surface area contributed by atoms with Crippen LogP contribution in [0.2, 0.25) is 5.02 Å². The largest absolute Gasteiger partial charge is 0.271 e. The number of benzene rings is 2. The predicted molar refractivity (Wildman–Crippen MR) is 66.9 cm³/mol. The van der Waals surface area contributed by atoms with E-state index < -0.39 is 23.5 Å². The minimum absolute atomic E-state index is 0.0313. The van der Waals surface area contributed by atoms with Gasteiger partial charge in [-0.2, -0.15) is 0 Å². The van der Waals surface area contributed by atoms with E-state index in [1.54, 1.807) is 0 Å². The van der Waals surface area contributed by atoms with E-state index in [0.29, 0.717) is 0 Å². The van der Waals surface area contributed by atoms with Crippen LogP contribution in [0.5, 0.6) is 0 Å². The number of hydrogen-bond donors (Lipinski definition) is 2. The van der Waals surface area contributed by atoms with E-state index >= 15 is 0 Å². The van der Waals surface area contributed by atoms with E-state index in [0.717, 1.165) is 6.07 Å². The maximum atomic E-state index is 13.8. The van der Waals surface area contributed by atoms with Gasteiger partial charge in [0.2, 0.25) is 0 Å². The van der Waals surface area contributed by atoms with Crippen molar-refractivity contribution in [2.24, 2.45) is 5.84 Å². The third-order valence-electron chi connectivity index (χ3n) is 2.75. The molecule has 0 spiro atoms. The van der Waals surface area contributed by atoms with Crippen molar-refractivity contribution < 1.29 is 13.2 Å². The zero-order valence-electron chi connectivity index (χ0n) is 9.63. The third-order valence-corrected chi connectivity index (χ3v) is 3.08. The van der Waals surface area contributed by atoms with Crippen molar-refractivity contribution in [1.82, 2.24) is 5.43 Å². The van der Waals surface area contributed by atoms with Gasteiger partial charge in [-0.05, 0) is 18.2 Å². The molecule has 0 amide bonds. The van der Waals surface area contributed by atoms with Gasteiger partial charge in [-0.25, -0.2) is 18.6 Å². The molecule has 19 heavy (non-hydrogen) atoms. The lowest BCUT2D eigenvalue weighted by Gasteiger charge is -2.19. The van der Waals surface area contributed by atoms with Crippen LogP contribution in [-0.4, -0.2) is 0 Å². The number of nitrogens with two attached hydrogens (primary N) is 1. The highest BCUT2D eigenvalue weighted by atomic mass is 35.5. The van der Waals surface area contributed by atoms with Crippen molar-refractivity contribution in [3.63, 3.8) is 0 Å². The Morgan fingerprint density at radius 3 is 2.26 bits per heavy atom. The molecule has 2 nitrogen and oxygen atoms in total. The fourth-order valence-electron chi connectivity index (χ4n) is 1.86. The Morgan fingerprint density at radius 1 is 1.00 bits per heavy atom. The summed E-state index contributed by atoms with van der Waals surface area (Å²) >= 11 is 5.89. The van der Waals surface area contributed by atoms with Crippen LogP contribution < -0.4 is 11.3 Å². The molecule has 6 heteroatoms. The van der Waals surface area contributed by atoms with E-state index in [9.17, 15) is 13.2 Å². The standard InChI is InChI=1S/C13H10ClF3N2/c14-8-4-2-5-9(15)11(8)13(19-18)7-3-1-6-10(16)12(7)17/h1-6,13,19H,18H2. The summed E-state index contributed by atoms with van der Waals surface area (Å²) in [6.07, 6.45) is 0. The summed E-state index contributed by atoms with van der Waals surface area (Å²) < 4.78 is 40.8. The number of hydrazine groups is 1. The minimum Gasteiger partial charge on any atom is -0.271 e. The summed E-state index contributed by atoms with van der Waals surface area (Å²) in [5, 5.41) is 0.0756. The van der Waals surface area contributed by atoms with E-state index in [-0.39, 0.29) is 16.1 Å². The van der Waals surface area contributed by atoms with Crippen LogP contribution in [0.3, 0.4) is 0 Å². The van der Waals surface area contributed by atoms with Gasteiger partial charge in [0.1, 0.15) is 5.82 Å². The van der Waals surface area contributed by atoms with Crippen molar-refractivity contribution in [3.8, 4) is 0 Å². The Labute approximate surface area is 113 Å². The maximum absolute atomic E-state index is 13.8. The molecule has 0 aliphatic heterocycles. The molecule has 0 aliphatic rings. The molecule has 2 aromatic carbocycles. The first-order chi connectivity index (χ1) is 9.06. The van der Waals surface area contributed by atoms with Crippen LogP contribution in [-0.2, 0) is 0 Å². The molecule has 0 aromatic heterocycles. The van der Waals surface area contributed by atoms with Crippen molar-refractivity contribution in [2.75, 3.05) is 0 Å². The van der Waals surface area contributed by atoms with Crippen molar-refractivity contribution >= 4 is 11.6 Å². The Hall–Kier alpha value is -1.56. The SMILES string of the molecule is NNC(c1cccc(F)c1F)c1c(F)cccc1Cl. The lowest BCUT2D eigenvalue weighted by atomic mass is 9.98. The van der Waals surface area contributed by atoms with Gasteiger partial charge < -0.3 is 0 Å². The molecule has 2 rings (SSSR count). The molecule has 0 heterocycles. The van der Waals surface area contributed by atoms with Crippen LogP contribution in [0.15, 0.2) is 36.4 Å². The molecule has 1 atom stereocenters. The molecule has 100 valence electrons. The van der Waals surface area contributed by atoms with Crippen LogP contribution in [0.4, 0.5) is 13.2 Å². The summed E-state index contributed by atoms with van der Waals surface area (Å²) in [6, 6.07) is 6.54. The summed E-state index contributed by atoms with van der Waals surface area (Å²) in [4.78, 5) is 0. The molecule has 0 aliphatic carbocycles. The monoisotopic (exact) mass is 286 g/mol. The molecule has 1 unspecified atom stereocenters. The van der Waals surface area contributed by atoms with E-state index in [1.807, 2.05) is 0 Å². The van der Waals surface area contributed by atoms with Gasteiger partial charge in [0.25, 0.3) is 0 Å². The van der Waals surface area contributed by atoms with Gasteiger partial charge in [0.15, 0.2) is 11.6 Å². The minimum atomic E-state index is -1.09. The Balaban J connectivity index is 2.60. The smallest absolute Gasteiger partial charge is 0.163 e. The fourth-order valence-corrected chi connectivity index (χ4v) is 2.13. The van der Waals surface area contributed by atoms with Crippen molar-refractivity contribution in [3.05, 3.63) is 70.0 Å². The zero-order chi connectivity index (χ0) is 14.0. The average Bonchev–Trinajstić information content (AvgIpc) is 2.38. The Morgan fingerprint density at radius 2 is 1.63 bits per heavy atom. The third kappa shape index (κ3) is 2.58. The predicted octanol–water partition coefficient (Wildman–Crippen LogP) is 3.31. The van der Waals surface area contributed by atoms with Gasteiger partial charge in [-0.3, -0.25) is 5.84 Å². The second-order valence-corrected chi connectivity index (χ2v) is 4.29. The van der Waals surface area contributed by atoms with Crippen LogP contribution >= 0.6 is 11.6 Å². The fraction of sp³-hybridized carbons (Fsp3) is 0.0769. The van der Waals surface area contributed by atoms with Gasteiger partial charge in [-0.1, -0.05) is 29.8 Å². The molecule has 0 radical (unpaired) electrons. The first kappa shape index (κ1) is 13.9. The summed E-state index contributed by atoms with van der Waals surface area (Å²) in [5.74, 6) is 2.55. The quantitative estimate of drug-likeness (QED) is 0.671. The Bertz CT molecular complexity index is 584. The first-order valence-electron chi connectivity index (χ1n) is 5.40.